The number of phenols is 1. The number of aromatic hydroxyl groups is 1. The second-order valence-electron chi connectivity index (χ2n) is 14.1. The van der Waals surface area contributed by atoms with Crippen molar-refractivity contribution in [1.82, 2.24) is 4.90 Å². The normalized spacial score (nSPS) is 28.9. The number of benzene rings is 2. The lowest BCUT2D eigenvalue weighted by atomic mass is 9.51. The highest BCUT2D eigenvalue weighted by Gasteiger charge is 2.59. The molecular weight excluding hydrogens is 551 g/mol. The molecule has 0 spiro atoms. The number of hydrogen-bond acceptors (Lipinski definition) is 4. The van der Waals surface area contributed by atoms with E-state index in [1.807, 2.05) is 17.0 Å². The summed E-state index contributed by atoms with van der Waals surface area (Å²) in [6, 6.07) is 14.6. The van der Waals surface area contributed by atoms with Crippen LogP contribution in [0.4, 0.5) is 4.39 Å². The molecule has 2 fully saturated rings. The molecule has 44 heavy (non-hydrogen) atoms. The van der Waals surface area contributed by atoms with E-state index in [0.717, 1.165) is 94.8 Å². The number of alkyl halides is 1. The molecule has 0 saturated heterocycles. The highest BCUT2D eigenvalue weighted by molar-refractivity contribution is 5.94. The number of rotatable bonds is 13. The van der Waals surface area contributed by atoms with Crippen molar-refractivity contribution >= 4 is 5.91 Å². The third kappa shape index (κ3) is 6.84. The Bertz CT molecular complexity index is 1310. The fourth-order valence-electron chi connectivity index (χ4n) is 9.01. The molecule has 7 atom stereocenters. The van der Waals surface area contributed by atoms with Gasteiger partial charge in [0.1, 0.15) is 11.9 Å². The van der Waals surface area contributed by atoms with E-state index in [-0.39, 0.29) is 28.9 Å². The predicted molar refractivity (Wildman–Crippen MR) is 172 cm³/mol. The van der Waals surface area contributed by atoms with Crippen LogP contribution in [0.15, 0.2) is 42.5 Å². The number of aliphatic hydroxyl groups excluding tert-OH is 1. The molecule has 238 valence electrons. The topological polar surface area (TPSA) is 84.6 Å². The molecule has 2 saturated carbocycles. The number of unbranched alkanes of at least 4 members (excludes halogenated alkanes) is 6. The van der Waals surface area contributed by atoms with Gasteiger partial charge in [0.05, 0.1) is 17.7 Å². The minimum absolute atomic E-state index is 0.0426. The van der Waals surface area contributed by atoms with Crippen molar-refractivity contribution in [2.24, 2.45) is 23.2 Å². The van der Waals surface area contributed by atoms with Gasteiger partial charge in [-0.1, -0.05) is 58.4 Å². The van der Waals surface area contributed by atoms with Crippen molar-refractivity contribution in [3.8, 4) is 11.8 Å². The maximum Gasteiger partial charge on any atom is 0.253 e. The van der Waals surface area contributed by atoms with Crippen molar-refractivity contribution in [3.05, 3.63) is 64.7 Å². The van der Waals surface area contributed by atoms with E-state index in [1.165, 1.54) is 6.42 Å². The highest BCUT2D eigenvalue weighted by atomic mass is 19.1. The number of carbonyl (C=O) groups is 1. The Labute approximate surface area is 263 Å². The Hall–Kier alpha value is -2.91. The van der Waals surface area contributed by atoms with Gasteiger partial charge in [0.25, 0.3) is 5.91 Å². The van der Waals surface area contributed by atoms with Crippen LogP contribution in [0, 0.1) is 34.5 Å². The first kappa shape index (κ1) is 32.5. The number of carbonyl (C=O) groups excluding carboxylic acids is 1. The Morgan fingerprint density at radius 2 is 1.73 bits per heavy atom. The standard InChI is InChI=1S/C38H51FN2O3/c1-3-4-5-9-20-41(37(44)27-14-12-26(25-40)13-15-27)21-10-7-6-8-11-28-22-29-23-30(42)16-17-31(29)36-33(39)24-38(2)32(35(28)36)18-19-34(38)43/h12-17,23,28,32-36,42-43H,3-11,18-22,24H2,1-2H3/t28?,32?,33?,34?,35?,36?,38-/m0/s1. The maximum absolute atomic E-state index is 16.0. The number of amides is 1. The van der Waals surface area contributed by atoms with Crippen LogP contribution in [0.25, 0.3) is 0 Å². The summed E-state index contributed by atoms with van der Waals surface area (Å²) in [7, 11) is 0. The number of fused-ring (bicyclic) bond motifs is 5. The molecule has 3 aliphatic carbocycles. The van der Waals surface area contributed by atoms with Gasteiger partial charge in [-0.3, -0.25) is 4.79 Å². The number of aliphatic hydroxyl groups is 1. The van der Waals surface area contributed by atoms with Gasteiger partial charge in [0.15, 0.2) is 0 Å². The monoisotopic (exact) mass is 602 g/mol. The van der Waals surface area contributed by atoms with E-state index in [2.05, 4.69) is 19.9 Å². The largest absolute Gasteiger partial charge is 0.508 e. The summed E-state index contributed by atoms with van der Waals surface area (Å²) >= 11 is 0. The lowest BCUT2D eigenvalue weighted by Crippen LogP contribution is -2.51. The molecule has 0 aromatic heterocycles. The first-order chi connectivity index (χ1) is 21.3. The highest BCUT2D eigenvalue weighted by Crippen LogP contribution is 2.63. The van der Waals surface area contributed by atoms with Crippen LogP contribution >= 0.6 is 0 Å². The average Bonchev–Trinajstić information content (AvgIpc) is 3.32. The summed E-state index contributed by atoms with van der Waals surface area (Å²) in [5, 5.41) is 30.2. The second-order valence-corrected chi connectivity index (χ2v) is 14.1. The summed E-state index contributed by atoms with van der Waals surface area (Å²) in [5.41, 5.74) is 3.02. The van der Waals surface area contributed by atoms with Gasteiger partial charge in [0.2, 0.25) is 0 Å². The quantitative estimate of drug-likeness (QED) is 0.226. The van der Waals surface area contributed by atoms with Crippen LogP contribution in [0.5, 0.6) is 5.75 Å². The molecule has 6 heteroatoms. The fraction of sp³-hybridized carbons (Fsp3) is 0.632. The summed E-state index contributed by atoms with van der Waals surface area (Å²) < 4.78 is 16.0. The Morgan fingerprint density at radius 1 is 1.02 bits per heavy atom. The molecule has 5 nitrogen and oxygen atoms in total. The first-order valence-electron chi connectivity index (χ1n) is 17.2. The zero-order chi connectivity index (χ0) is 31.3. The second kappa shape index (κ2) is 14.5. The predicted octanol–water partition coefficient (Wildman–Crippen LogP) is 8.33. The van der Waals surface area contributed by atoms with Crippen LogP contribution in [0.2, 0.25) is 0 Å². The third-order valence-electron chi connectivity index (χ3n) is 11.4. The molecule has 2 aromatic carbocycles. The Kier molecular flexibility index (Phi) is 10.7. The Morgan fingerprint density at radius 3 is 2.43 bits per heavy atom. The molecular formula is C38H51FN2O3. The minimum atomic E-state index is -0.975. The van der Waals surface area contributed by atoms with Crippen molar-refractivity contribution in [3.63, 3.8) is 0 Å². The molecule has 5 rings (SSSR count). The molecule has 2 aromatic rings. The zero-order valence-electron chi connectivity index (χ0n) is 26.7. The first-order valence-corrected chi connectivity index (χ1v) is 17.2. The molecule has 0 aliphatic heterocycles. The van der Waals surface area contributed by atoms with Gasteiger partial charge in [-0.25, -0.2) is 4.39 Å². The molecule has 3 aliphatic rings. The zero-order valence-corrected chi connectivity index (χ0v) is 26.7. The van der Waals surface area contributed by atoms with Gasteiger partial charge in [-0.15, -0.1) is 0 Å². The lowest BCUT2D eigenvalue weighted by Gasteiger charge is -2.54. The van der Waals surface area contributed by atoms with Crippen molar-refractivity contribution in [2.45, 2.75) is 116 Å². The molecule has 1 amide bonds. The van der Waals surface area contributed by atoms with Gasteiger partial charge in [0, 0.05) is 24.6 Å². The SMILES string of the molecule is CCCCCCN(CCCCCCC1Cc2cc(O)ccc2C2C(F)C[C@]3(C)C(O)CCC3C12)C(=O)c1ccc(C#N)cc1. The van der Waals surface area contributed by atoms with Crippen LogP contribution < -0.4 is 0 Å². The Balaban J connectivity index is 1.19. The summed E-state index contributed by atoms with van der Waals surface area (Å²) in [5.74, 6) is 1.04. The van der Waals surface area contributed by atoms with Crippen LogP contribution in [0.3, 0.4) is 0 Å². The molecule has 0 radical (unpaired) electrons. The number of nitriles is 1. The number of halogens is 1. The van der Waals surface area contributed by atoms with Crippen LogP contribution in [0.1, 0.15) is 124 Å². The summed E-state index contributed by atoms with van der Waals surface area (Å²) in [6.45, 7) is 5.80. The molecule has 2 N–H and O–H groups in total. The molecule has 0 bridgehead atoms. The van der Waals surface area contributed by atoms with Crippen LogP contribution in [-0.2, 0) is 6.42 Å². The lowest BCUT2D eigenvalue weighted by molar-refractivity contribution is -0.0722. The number of phenolic OH excluding ortho intramolecular Hbond substituents is 1. The van der Waals surface area contributed by atoms with Crippen molar-refractivity contribution < 1.29 is 19.4 Å². The van der Waals surface area contributed by atoms with Gasteiger partial charge < -0.3 is 15.1 Å². The molecule has 0 heterocycles. The summed E-state index contributed by atoms with van der Waals surface area (Å²) in [4.78, 5) is 15.3. The van der Waals surface area contributed by atoms with Gasteiger partial charge in [-0.05, 0) is 116 Å². The van der Waals surface area contributed by atoms with Crippen molar-refractivity contribution in [2.75, 3.05) is 13.1 Å². The van der Waals surface area contributed by atoms with Gasteiger partial charge >= 0.3 is 0 Å². The van der Waals surface area contributed by atoms with E-state index in [9.17, 15) is 15.0 Å². The van der Waals surface area contributed by atoms with E-state index in [4.69, 9.17) is 5.26 Å². The smallest absolute Gasteiger partial charge is 0.253 e. The maximum atomic E-state index is 16.0. The van der Waals surface area contributed by atoms with Crippen LogP contribution in [-0.4, -0.2) is 46.4 Å². The number of hydrogen-bond donors (Lipinski definition) is 2. The fourth-order valence-corrected chi connectivity index (χ4v) is 9.01. The number of nitrogens with zero attached hydrogens (tertiary/aromatic N) is 2. The summed E-state index contributed by atoms with van der Waals surface area (Å²) in [6.07, 6.45) is 11.2. The van der Waals surface area contributed by atoms with Gasteiger partial charge in [-0.2, -0.15) is 5.26 Å². The van der Waals surface area contributed by atoms with E-state index in [0.29, 0.717) is 29.4 Å². The molecule has 6 unspecified atom stereocenters. The van der Waals surface area contributed by atoms with E-state index in [1.54, 1.807) is 30.3 Å². The van der Waals surface area contributed by atoms with E-state index >= 15 is 4.39 Å². The minimum Gasteiger partial charge on any atom is -0.508 e. The van der Waals surface area contributed by atoms with Crippen molar-refractivity contribution in [1.29, 1.82) is 5.26 Å². The average molecular weight is 603 g/mol. The third-order valence-corrected chi connectivity index (χ3v) is 11.4. The van der Waals surface area contributed by atoms with E-state index < -0.39 is 12.3 Å².